The number of hydrazone groups is 1. The fourth-order valence-electron chi connectivity index (χ4n) is 2.63. The Hall–Kier alpha value is -3.09. The van der Waals surface area contributed by atoms with Crippen molar-refractivity contribution in [3.63, 3.8) is 0 Å². The van der Waals surface area contributed by atoms with E-state index in [1.807, 2.05) is 35.7 Å². The van der Waals surface area contributed by atoms with Gasteiger partial charge in [0.1, 0.15) is 5.75 Å². The van der Waals surface area contributed by atoms with E-state index in [0.717, 1.165) is 27.7 Å². The Kier molecular flexibility index (Phi) is 6.24. The molecular formula is C23H19N3OS2. The standard InChI is InChI=1S/C23H19N3OS2/c1-27-19-11-7-17(8-12-19)15-24-26-23-25-22(16-28-23)18-9-13-21(14-10-18)29-20-5-3-2-4-6-20/h2-16H,1H3,(H,25,26)/b24-15+. The van der Waals surface area contributed by atoms with Gasteiger partial charge in [0.05, 0.1) is 19.0 Å². The number of aromatic nitrogens is 1. The van der Waals surface area contributed by atoms with Crippen LogP contribution in [0.3, 0.4) is 0 Å². The van der Waals surface area contributed by atoms with Crippen molar-refractivity contribution in [2.24, 2.45) is 5.10 Å². The van der Waals surface area contributed by atoms with Crippen molar-refractivity contribution in [3.8, 4) is 17.0 Å². The maximum Gasteiger partial charge on any atom is 0.203 e. The Bertz CT molecular complexity index is 1080. The summed E-state index contributed by atoms with van der Waals surface area (Å²) < 4.78 is 5.15. The maximum atomic E-state index is 5.15. The van der Waals surface area contributed by atoms with E-state index in [-0.39, 0.29) is 0 Å². The highest BCUT2D eigenvalue weighted by Gasteiger charge is 2.05. The van der Waals surface area contributed by atoms with Crippen LogP contribution in [0.15, 0.2) is 99.1 Å². The molecule has 0 atom stereocenters. The third kappa shape index (κ3) is 5.25. The molecule has 0 fully saturated rings. The first kappa shape index (κ1) is 19.2. The van der Waals surface area contributed by atoms with Crippen LogP contribution in [-0.4, -0.2) is 18.3 Å². The van der Waals surface area contributed by atoms with Crippen LogP contribution in [0.1, 0.15) is 5.56 Å². The second-order valence-corrected chi connectivity index (χ2v) is 8.13. The molecule has 3 aromatic carbocycles. The fourth-order valence-corrected chi connectivity index (χ4v) is 4.13. The highest BCUT2D eigenvalue weighted by Crippen LogP contribution is 2.30. The lowest BCUT2D eigenvalue weighted by atomic mass is 10.2. The molecule has 0 saturated carbocycles. The molecule has 0 aliphatic heterocycles. The molecule has 0 aliphatic carbocycles. The van der Waals surface area contributed by atoms with E-state index in [2.05, 4.69) is 64.0 Å². The van der Waals surface area contributed by atoms with Gasteiger partial charge >= 0.3 is 0 Å². The summed E-state index contributed by atoms with van der Waals surface area (Å²) in [7, 11) is 1.65. The molecule has 1 N–H and O–H groups in total. The monoisotopic (exact) mass is 417 g/mol. The summed E-state index contributed by atoms with van der Waals surface area (Å²) in [5.41, 5.74) is 6.01. The third-order valence-electron chi connectivity index (χ3n) is 4.12. The van der Waals surface area contributed by atoms with Crippen LogP contribution >= 0.6 is 23.1 Å². The molecule has 1 heterocycles. The molecule has 0 aliphatic rings. The van der Waals surface area contributed by atoms with Gasteiger partial charge < -0.3 is 4.74 Å². The summed E-state index contributed by atoms with van der Waals surface area (Å²) in [5, 5.41) is 7.05. The number of nitrogens with zero attached hydrogens (tertiary/aromatic N) is 2. The van der Waals surface area contributed by atoms with Gasteiger partial charge in [0.25, 0.3) is 0 Å². The van der Waals surface area contributed by atoms with Gasteiger partial charge in [-0.25, -0.2) is 4.98 Å². The second kappa shape index (κ2) is 9.41. The highest BCUT2D eigenvalue weighted by atomic mass is 32.2. The van der Waals surface area contributed by atoms with E-state index in [1.165, 1.54) is 21.1 Å². The molecule has 29 heavy (non-hydrogen) atoms. The van der Waals surface area contributed by atoms with Crippen LogP contribution in [-0.2, 0) is 0 Å². The zero-order valence-electron chi connectivity index (χ0n) is 15.8. The topological polar surface area (TPSA) is 46.5 Å². The highest BCUT2D eigenvalue weighted by molar-refractivity contribution is 7.99. The lowest BCUT2D eigenvalue weighted by Gasteiger charge is -2.02. The van der Waals surface area contributed by atoms with Crippen molar-refractivity contribution in [3.05, 3.63) is 89.8 Å². The summed E-state index contributed by atoms with van der Waals surface area (Å²) in [4.78, 5) is 7.06. The quantitative estimate of drug-likeness (QED) is 0.278. The molecule has 0 radical (unpaired) electrons. The van der Waals surface area contributed by atoms with Gasteiger partial charge in [0.2, 0.25) is 5.13 Å². The van der Waals surface area contributed by atoms with Crippen molar-refractivity contribution in [1.82, 2.24) is 4.98 Å². The summed E-state index contributed by atoms with van der Waals surface area (Å²) in [6, 6.07) is 26.5. The average molecular weight is 418 g/mol. The van der Waals surface area contributed by atoms with Crippen LogP contribution in [0.5, 0.6) is 5.75 Å². The molecule has 144 valence electrons. The van der Waals surface area contributed by atoms with Gasteiger partial charge in [0.15, 0.2) is 0 Å². The van der Waals surface area contributed by atoms with Crippen LogP contribution in [0.4, 0.5) is 5.13 Å². The molecule has 0 amide bonds. The molecule has 0 saturated heterocycles. The lowest BCUT2D eigenvalue weighted by Crippen LogP contribution is -1.90. The van der Waals surface area contributed by atoms with Gasteiger partial charge in [-0.3, -0.25) is 5.43 Å². The minimum absolute atomic E-state index is 0.757. The third-order valence-corrected chi connectivity index (χ3v) is 5.89. The second-order valence-electron chi connectivity index (χ2n) is 6.12. The van der Waals surface area contributed by atoms with E-state index in [9.17, 15) is 0 Å². The molecule has 0 spiro atoms. The molecule has 4 aromatic rings. The minimum Gasteiger partial charge on any atom is -0.497 e. The van der Waals surface area contributed by atoms with Gasteiger partial charge in [0, 0.05) is 20.7 Å². The first-order valence-corrected chi connectivity index (χ1v) is 10.7. The Labute approximate surface area is 178 Å². The molecule has 1 aromatic heterocycles. The van der Waals surface area contributed by atoms with Gasteiger partial charge in [-0.2, -0.15) is 5.10 Å². The maximum absolute atomic E-state index is 5.15. The van der Waals surface area contributed by atoms with E-state index in [0.29, 0.717) is 0 Å². The molecule has 0 unspecified atom stereocenters. The molecule has 6 heteroatoms. The van der Waals surface area contributed by atoms with Crippen molar-refractivity contribution < 1.29 is 4.74 Å². The lowest BCUT2D eigenvalue weighted by molar-refractivity contribution is 0.415. The van der Waals surface area contributed by atoms with E-state index >= 15 is 0 Å². The number of methoxy groups -OCH3 is 1. The normalized spacial score (nSPS) is 10.9. The zero-order chi connectivity index (χ0) is 19.9. The zero-order valence-corrected chi connectivity index (χ0v) is 17.4. The predicted octanol–water partition coefficient (Wildman–Crippen LogP) is 6.42. The van der Waals surface area contributed by atoms with Crippen molar-refractivity contribution >= 4 is 34.4 Å². The van der Waals surface area contributed by atoms with E-state index in [1.54, 1.807) is 25.1 Å². The van der Waals surface area contributed by atoms with E-state index < -0.39 is 0 Å². The average Bonchev–Trinajstić information content (AvgIpc) is 3.24. The van der Waals surface area contributed by atoms with Crippen molar-refractivity contribution in [1.29, 1.82) is 0 Å². The Balaban J connectivity index is 1.37. The molecule has 4 nitrogen and oxygen atoms in total. The van der Waals surface area contributed by atoms with Crippen LogP contribution in [0.25, 0.3) is 11.3 Å². The summed E-state index contributed by atoms with van der Waals surface area (Å²) in [6.45, 7) is 0. The Morgan fingerprint density at radius 3 is 2.38 bits per heavy atom. The number of hydrogen-bond acceptors (Lipinski definition) is 6. The minimum atomic E-state index is 0.757. The van der Waals surface area contributed by atoms with Gasteiger partial charge in [-0.15, -0.1) is 11.3 Å². The largest absolute Gasteiger partial charge is 0.497 e. The van der Waals surface area contributed by atoms with Crippen LogP contribution in [0, 0.1) is 0 Å². The molecular weight excluding hydrogens is 398 g/mol. The Morgan fingerprint density at radius 1 is 0.931 bits per heavy atom. The molecule has 4 rings (SSSR count). The predicted molar refractivity (Wildman–Crippen MR) is 122 cm³/mol. The number of ether oxygens (including phenoxy) is 1. The first-order chi connectivity index (χ1) is 14.3. The number of thiazole rings is 1. The van der Waals surface area contributed by atoms with Crippen LogP contribution < -0.4 is 10.2 Å². The van der Waals surface area contributed by atoms with Gasteiger partial charge in [-0.05, 0) is 54.1 Å². The SMILES string of the molecule is COc1ccc(/C=N/Nc2nc(-c3ccc(Sc4ccccc4)cc3)cs2)cc1. The summed E-state index contributed by atoms with van der Waals surface area (Å²) >= 11 is 3.28. The van der Waals surface area contributed by atoms with Gasteiger partial charge in [-0.1, -0.05) is 42.1 Å². The smallest absolute Gasteiger partial charge is 0.203 e. The number of hydrogen-bond donors (Lipinski definition) is 1. The number of benzene rings is 3. The Morgan fingerprint density at radius 2 is 1.66 bits per heavy atom. The number of nitrogens with one attached hydrogen (secondary N) is 1. The summed E-state index contributed by atoms with van der Waals surface area (Å²) in [6.07, 6.45) is 1.76. The van der Waals surface area contributed by atoms with Crippen molar-refractivity contribution in [2.75, 3.05) is 12.5 Å². The fraction of sp³-hybridized carbons (Fsp3) is 0.0435. The van der Waals surface area contributed by atoms with E-state index in [4.69, 9.17) is 4.74 Å². The molecule has 0 bridgehead atoms. The summed E-state index contributed by atoms with van der Waals surface area (Å²) in [5.74, 6) is 0.827. The number of rotatable bonds is 7. The number of anilines is 1. The van der Waals surface area contributed by atoms with Crippen LogP contribution in [0.2, 0.25) is 0 Å². The first-order valence-electron chi connectivity index (χ1n) is 9.02. The van der Waals surface area contributed by atoms with Crippen molar-refractivity contribution in [2.45, 2.75) is 9.79 Å².